The lowest BCUT2D eigenvalue weighted by molar-refractivity contribution is -0.118. The number of nitrogens with one attached hydrogen (secondary N) is 1. The third kappa shape index (κ3) is 1.77. The van der Waals surface area contributed by atoms with E-state index in [1.807, 2.05) is 0 Å². The molecule has 2 aliphatic heterocycles. The van der Waals surface area contributed by atoms with E-state index in [1.54, 1.807) is 21.8 Å². The highest BCUT2D eigenvalue weighted by molar-refractivity contribution is 5.95. The van der Waals surface area contributed by atoms with E-state index in [9.17, 15) is 4.79 Å². The molecule has 0 aliphatic carbocycles. The molecule has 2 saturated heterocycles. The Bertz CT molecular complexity index is 660. The number of piperidine rings is 1. The fourth-order valence-corrected chi connectivity index (χ4v) is 3.25. The molecule has 4 heterocycles. The summed E-state index contributed by atoms with van der Waals surface area (Å²) in [5, 5.41) is 7.46. The average molecular weight is 272 g/mol. The van der Waals surface area contributed by atoms with Crippen molar-refractivity contribution in [3.8, 4) is 0 Å². The Morgan fingerprint density at radius 1 is 1.25 bits per heavy atom. The van der Waals surface area contributed by atoms with E-state index in [2.05, 4.69) is 20.4 Å². The highest BCUT2D eigenvalue weighted by Gasteiger charge is 2.44. The van der Waals surface area contributed by atoms with E-state index in [0.29, 0.717) is 17.9 Å². The molecule has 4 rings (SSSR count). The monoisotopic (exact) mass is 272 g/mol. The normalized spacial score (nSPS) is 22.0. The number of carbonyl (C=O) groups is 1. The molecule has 2 aliphatic rings. The van der Waals surface area contributed by atoms with Gasteiger partial charge in [0.2, 0.25) is 5.91 Å². The number of nitrogens with zero attached hydrogens (tertiary/aromatic N) is 5. The number of hydrogen-bond acceptors (Lipinski definition) is 5. The van der Waals surface area contributed by atoms with Crippen molar-refractivity contribution in [2.75, 3.05) is 24.5 Å². The topological polar surface area (TPSA) is 75.4 Å². The number of amides is 1. The molecule has 2 fully saturated rings. The molecule has 2 aromatic rings. The van der Waals surface area contributed by atoms with Crippen LogP contribution in [0.2, 0.25) is 0 Å². The van der Waals surface area contributed by atoms with Crippen molar-refractivity contribution in [3.05, 3.63) is 18.7 Å². The van der Waals surface area contributed by atoms with Gasteiger partial charge in [0.15, 0.2) is 11.5 Å². The van der Waals surface area contributed by atoms with Crippen LogP contribution in [0.25, 0.3) is 5.65 Å². The molecule has 20 heavy (non-hydrogen) atoms. The first-order valence-corrected chi connectivity index (χ1v) is 6.92. The van der Waals surface area contributed by atoms with Crippen molar-refractivity contribution in [1.29, 1.82) is 0 Å². The number of hydrogen-bond donors (Lipinski definition) is 1. The summed E-state index contributed by atoms with van der Waals surface area (Å²) in [5.74, 6) is 0.835. The van der Waals surface area contributed by atoms with E-state index in [-0.39, 0.29) is 11.3 Å². The third-order valence-electron chi connectivity index (χ3n) is 4.41. The Balaban J connectivity index is 1.66. The summed E-state index contributed by atoms with van der Waals surface area (Å²) in [6.07, 6.45) is 7.66. The largest absolute Gasteiger partial charge is 0.317 e. The van der Waals surface area contributed by atoms with Crippen LogP contribution in [0.4, 0.5) is 5.82 Å². The van der Waals surface area contributed by atoms with Gasteiger partial charge in [-0.3, -0.25) is 9.69 Å². The van der Waals surface area contributed by atoms with Crippen LogP contribution in [-0.4, -0.2) is 45.1 Å². The fraction of sp³-hybridized carbons (Fsp3) is 0.538. The lowest BCUT2D eigenvalue weighted by Crippen LogP contribution is -2.38. The Morgan fingerprint density at radius 2 is 2.10 bits per heavy atom. The molecule has 0 bridgehead atoms. The zero-order chi connectivity index (χ0) is 13.6. The molecule has 0 atom stereocenters. The summed E-state index contributed by atoms with van der Waals surface area (Å²) in [7, 11) is 0. The van der Waals surface area contributed by atoms with Crippen LogP contribution < -0.4 is 10.2 Å². The molecule has 0 radical (unpaired) electrons. The Kier molecular flexibility index (Phi) is 2.50. The molecular weight excluding hydrogens is 256 g/mol. The van der Waals surface area contributed by atoms with Crippen LogP contribution in [0.15, 0.2) is 18.7 Å². The minimum Gasteiger partial charge on any atom is -0.317 e. The maximum Gasteiger partial charge on any atom is 0.228 e. The maximum absolute atomic E-state index is 12.3. The Labute approximate surface area is 116 Å². The molecular formula is C13H16N6O. The second-order valence-corrected chi connectivity index (χ2v) is 5.71. The highest BCUT2D eigenvalue weighted by Crippen LogP contribution is 2.40. The van der Waals surface area contributed by atoms with Gasteiger partial charge in [-0.1, -0.05) is 0 Å². The quantitative estimate of drug-likeness (QED) is 0.804. The Morgan fingerprint density at radius 3 is 2.95 bits per heavy atom. The predicted octanol–water partition coefficient (Wildman–Crippen LogP) is 0.231. The molecule has 1 spiro atoms. The highest BCUT2D eigenvalue weighted by atomic mass is 16.2. The van der Waals surface area contributed by atoms with Gasteiger partial charge in [-0.25, -0.2) is 14.5 Å². The van der Waals surface area contributed by atoms with Crippen LogP contribution in [0.3, 0.4) is 0 Å². The summed E-state index contributed by atoms with van der Waals surface area (Å²) in [6.45, 7) is 2.76. The van der Waals surface area contributed by atoms with Crippen molar-refractivity contribution in [2.45, 2.75) is 19.3 Å². The van der Waals surface area contributed by atoms with Gasteiger partial charge in [0.1, 0.15) is 6.33 Å². The first kappa shape index (κ1) is 11.8. The van der Waals surface area contributed by atoms with E-state index >= 15 is 0 Å². The SMILES string of the molecule is O=C1CC2(CCNCC2)CN1c1cn2ncnc2cn1. The summed E-state index contributed by atoms with van der Waals surface area (Å²) < 4.78 is 1.66. The van der Waals surface area contributed by atoms with Crippen molar-refractivity contribution in [2.24, 2.45) is 5.41 Å². The van der Waals surface area contributed by atoms with Crippen LogP contribution in [-0.2, 0) is 4.79 Å². The van der Waals surface area contributed by atoms with Crippen LogP contribution in [0, 0.1) is 5.41 Å². The molecule has 104 valence electrons. The molecule has 0 unspecified atom stereocenters. The zero-order valence-corrected chi connectivity index (χ0v) is 11.1. The molecule has 1 N–H and O–H groups in total. The maximum atomic E-state index is 12.3. The molecule has 7 nitrogen and oxygen atoms in total. The number of fused-ring (bicyclic) bond motifs is 1. The number of anilines is 1. The summed E-state index contributed by atoms with van der Waals surface area (Å²) >= 11 is 0. The van der Waals surface area contributed by atoms with Crippen LogP contribution in [0.1, 0.15) is 19.3 Å². The van der Waals surface area contributed by atoms with Crippen molar-refractivity contribution < 1.29 is 4.79 Å². The smallest absolute Gasteiger partial charge is 0.228 e. The summed E-state index contributed by atoms with van der Waals surface area (Å²) in [4.78, 5) is 22.6. The number of rotatable bonds is 1. The molecule has 0 saturated carbocycles. The van der Waals surface area contributed by atoms with Crippen LogP contribution in [0.5, 0.6) is 0 Å². The standard InChI is InChI=1S/C13H16N6O/c20-12-5-13(1-3-14-4-2-13)8-18(12)11-7-19-10(6-15-11)16-9-17-19/h6-7,9,14H,1-5,8H2. The molecule has 1 amide bonds. The fourth-order valence-electron chi connectivity index (χ4n) is 3.25. The molecule has 2 aromatic heterocycles. The van der Waals surface area contributed by atoms with Crippen molar-refractivity contribution >= 4 is 17.4 Å². The first-order chi connectivity index (χ1) is 9.76. The molecule has 7 heteroatoms. The van der Waals surface area contributed by atoms with Gasteiger partial charge in [-0.05, 0) is 31.3 Å². The van der Waals surface area contributed by atoms with E-state index in [0.717, 1.165) is 32.5 Å². The van der Waals surface area contributed by atoms with Gasteiger partial charge in [0, 0.05) is 13.0 Å². The number of aromatic nitrogens is 4. The minimum atomic E-state index is 0.126. The van der Waals surface area contributed by atoms with Gasteiger partial charge < -0.3 is 5.32 Å². The van der Waals surface area contributed by atoms with E-state index in [4.69, 9.17) is 0 Å². The van der Waals surface area contributed by atoms with Gasteiger partial charge >= 0.3 is 0 Å². The Hall–Kier alpha value is -2.02. The lowest BCUT2D eigenvalue weighted by atomic mass is 9.78. The second kappa shape index (κ2) is 4.24. The summed E-state index contributed by atoms with van der Waals surface area (Å²) in [6, 6.07) is 0. The van der Waals surface area contributed by atoms with E-state index < -0.39 is 0 Å². The van der Waals surface area contributed by atoms with Crippen molar-refractivity contribution in [3.63, 3.8) is 0 Å². The van der Waals surface area contributed by atoms with Gasteiger partial charge in [0.05, 0.1) is 12.4 Å². The predicted molar refractivity (Wildman–Crippen MR) is 72.3 cm³/mol. The third-order valence-corrected chi connectivity index (χ3v) is 4.41. The van der Waals surface area contributed by atoms with Gasteiger partial charge in [0.25, 0.3) is 0 Å². The second-order valence-electron chi connectivity index (χ2n) is 5.71. The number of carbonyl (C=O) groups excluding carboxylic acids is 1. The lowest BCUT2D eigenvalue weighted by Gasteiger charge is -2.32. The van der Waals surface area contributed by atoms with Gasteiger partial charge in [-0.2, -0.15) is 5.10 Å². The van der Waals surface area contributed by atoms with Crippen LogP contribution >= 0.6 is 0 Å². The van der Waals surface area contributed by atoms with Crippen molar-refractivity contribution in [1.82, 2.24) is 24.9 Å². The first-order valence-electron chi connectivity index (χ1n) is 6.92. The summed E-state index contributed by atoms with van der Waals surface area (Å²) in [5.41, 5.74) is 0.818. The molecule has 0 aromatic carbocycles. The average Bonchev–Trinajstić information content (AvgIpc) is 3.04. The van der Waals surface area contributed by atoms with Gasteiger partial charge in [-0.15, -0.1) is 0 Å². The minimum absolute atomic E-state index is 0.126. The zero-order valence-electron chi connectivity index (χ0n) is 11.1. The van der Waals surface area contributed by atoms with E-state index in [1.165, 1.54) is 6.33 Å².